The van der Waals surface area contributed by atoms with Gasteiger partial charge in [0.05, 0.1) is 0 Å². The number of benzene rings is 2. The van der Waals surface area contributed by atoms with E-state index in [-0.39, 0.29) is 5.82 Å². The lowest BCUT2D eigenvalue weighted by atomic mass is 9.86. The van der Waals surface area contributed by atoms with Crippen molar-refractivity contribution in [3.8, 4) is 11.1 Å². The van der Waals surface area contributed by atoms with Crippen molar-refractivity contribution < 1.29 is 8.78 Å². The van der Waals surface area contributed by atoms with Gasteiger partial charge in [-0.2, -0.15) is 0 Å². The molecule has 1 atom stereocenters. The molecule has 0 saturated heterocycles. The highest BCUT2D eigenvalue weighted by Crippen LogP contribution is 2.36. The van der Waals surface area contributed by atoms with E-state index in [9.17, 15) is 8.78 Å². The summed E-state index contributed by atoms with van der Waals surface area (Å²) in [6.07, 6.45) is 8.85. The fraction of sp³-hybridized carbons (Fsp3) is 0.261. The monoisotopic (exact) mass is 350 g/mol. The Morgan fingerprint density at radius 2 is 1.85 bits per heavy atom. The van der Waals surface area contributed by atoms with E-state index in [1.165, 1.54) is 36.2 Å². The second-order valence-electron chi connectivity index (χ2n) is 7.04. The molecule has 0 bridgehead atoms. The minimum Gasteiger partial charge on any atom is -0.346 e. The Hall–Kier alpha value is -2.42. The molecule has 3 heteroatoms. The Morgan fingerprint density at radius 3 is 2.62 bits per heavy atom. The third-order valence-corrected chi connectivity index (χ3v) is 5.20. The topological polar surface area (TPSA) is 4.93 Å². The van der Waals surface area contributed by atoms with Gasteiger partial charge in [-0.05, 0) is 55.0 Å². The van der Waals surface area contributed by atoms with Gasteiger partial charge in [0.15, 0.2) is 0 Å². The van der Waals surface area contributed by atoms with Crippen LogP contribution in [0, 0.1) is 18.1 Å². The zero-order valence-corrected chi connectivity index (χ0v) is 14.7. The van der Waals surface area contributed by atoms with Gasteiger partial charge in [-0.25, -0.2) is 8.78 Å². The molecule has 26 heavy (non-hydrogen) atoms. The third kappa shape index (κ3) is 3.57. The largest absolute Gasteiger partial charge is 0.346 e. The summed E-state index contributed by atoms with van der Waals surface area (Å²) in [5.74, 6) is -0.354. The summed E-state index contributed by atoms with van der Waals surface area (Å²) in [7, 11) is 0. The summed E-state index contributed by atoms with van der Waals surface area (Å²) in [5, 5.41) is 0. The van der Waals surface area contributed by atoms with Gasteiger partial charge in [-0.1, -0.05) is 43.2 Å². The third-order valence-electron chi connectivity index (χ3n) is 5.20. The zero-order chi connectivity index (χ0) is 17.9. The van der Waals surface area contributed by atoms with Gasteiger partial charge in [0.2, 0.25) is 0 Å². The Kier molecular flexibility index (Phi) is 4.87. The Morgan fingerprint density at radius 1 is 1.00 bits per heavy atom. The van der Waals surface area contributed by atoms with Crippen molar-refractivity contribution in [1.82, 2.24) is 4.57 Å². The average Bonchev–Trinajstić information content (AvgIpc) is 3.09. The molecule has 1 aromatic heterocycles. The average molecular weight is 350 g/mol. The first-order valence-electron chi connectivity index (χ1n) is 9.22. The SMILES string of the molecule is Fc1ccc(F)c(-c2cc([C@@H]3C[CH]CCC3)n(Cc3ccccc3)c2)c1. The molecule has 0 spiro atoms. The molecule has 1 saturated carbocycles. The van der Waals surface area contributed by atoms with Gasteiger partial charge in [0.25, 0.3) is 0 Å². The molecule has 3 aromatic rings. The Labute approximate surface area is 153 Å². The van der Waals surface area contributed by atoms with Gasteiger partial charge in [0.1, 0.15) is 11.6 Å². The number of nitrogens with zero attached hydrogens (tertiary/aromatic N) is 1. The summed E-state index contributed by atoms with van der Waals surface area (Å²) in [5.41, 5.74) is 3.50. The second kappa shape index (κ2) is 7.45. The lowest BCUT2D eigenvalue weighted by Crippen LogP contribution is -2.11. The molecule has 1 radical (unpaired) electrons. The number of rotatable bonds is 4. The first kappa shape index (κ1) is 17.0. The van der Waals surface area contributed by atoms with E-state index in [1.54, 1.807) is 0 Å². The minimum atomic E-state index is -0.412. The maximum absolute atomic E-state index is 14.3. The summed E-state index contributed by atoms with van der Waals surface area (Å²) in [4.78, 5) is 0. The van der Waals surface area contributed by atoms with E-state index in [1.807, 2.05) is 30.5 Å². The van der Waals surface area contributed by atoms with Crippen molar-refractivity contribution in [3.63, 3.8) is 0 Å². The lowest BCUT2D eigenvalue weighted by Gasteiger charge is -2.23. The van der Waals surface area contributed by atoms with Crippen LogP contribution < -0.4 is 0 Å². The van der Waals surface area contributed by atoms with Crippen molar-refractivity contribution in [2.75, 3.05) is 0 Å². The highest BCUT2D eigenvalue weighted by molar-refractivity contribution is 5.65. The van der Waals surface area contributed by atoms with E-state index in [4.69, 9.17) is 0 Å². The summed E-state index contributed by atoms with van der Waals surface area (Å²) in [6, 6.07) is 15.9. The van der Waals surface area contributed by atoms with Crippen molar-refractivity contribution in [3.05, 3.63) is 90.1 Å². The van der Waals surface area contributed by atoms with Crippen LogP contribution in [0.1, 0.15) is 42.9 Å². The first-order chi connectivity index (χ1) is 12.7. The fourth-order valence-electron chi connectivity index (χ4n) is 3.87. The first-order valence-corrected chi connectivity index (χ1v) is 9.22. The molecule has 0 N–H and O–H groups in total. The smallest absolute Gasteiger partial charge is 0.131 e. The van der Waals surface area contributed by atoms with Crippen LogP contribution in [-0.4, -0.2) is 4.57 Å². The van der Waals surface area contributed by atoms with Crippen molar-refractivity contribution in [2.45, 2.75) is 38.1 Å². The van der Waals surface area contributed by atoms with Crippen molar-refractivity contribution in [1.29, 1.82) is 0 Å². The Bertz CT molecular complexity index is 876. The summed E-state index contributed by atoms with van der Waals surface area (Å²) in [6.45, 7) is 0.740. The highest BCUT2D eigenvalue weighted by atomic mass is 19.1. The molecule has 1 aliphatic rings. The predicted molar refractivity (Wildman–Crippen MR) is 101 cm³/mol. The van der Waals surface area contributed by atoms with Crippen LogP contribution >= 0.6 is 0 Å². The molecule has 4 rings (SSSR count). The van der Waals surface area contributed by atoms with Crippen LogP contribution in [0.5, 0.6) is 0 Å². The lowest BCUT2D eigenvalue weighted by molar-refractivity contribution is 0.491. The number of hydrogen-bond acceptors (Lipinski definition) is 0. The molecule has 133 valence electrons. The zero-order valence-electron chi connectivity index (χ0n) is 14.7. The summed E-state index contributed by atoms with van der Waals surface area (Å²) >= 11 is 0. The van der Waals surface area contributed by atoms with Crippen LogP contribution in [0.4, 0.5) is 8.78 Å². The molecule has 0 amide bonds. The molecular formula is C23H22F2N. The van der Waals surface area contributed by atoms with Crippen LogP contribution in [0.15, 0.2) is 60.8 Å². The van der Waals surface area contributed by atoms with Crippen molar-refractivity contribution in [2.24, 2.45) is 0 Å². The molecule has 0 unspecified atom stereocenters. The van der Waals surface area contributed by atoms with Crippen LogP contribution in [0.25, 0.3) is 11.1 Å². The maximum Gasteiger partial charge on any atom is 0.131 e. The van der Waals surface area contributed by atoms with Gasteiger partial charge >= 0.3 is 0 Å². The van der Waals surface area contributed by atoms with Gasteiger partial charge in [-0.15, -0.1) is 0 Å². The van der Waals surface area contributed by atoms with E-state index < -0.39 is 5.82 Å². The molecular weight excluding hydrogens is 328 g/mol. The van der Waals surface area contributed by atoms with Crippen LogP contribution in [0.3, 0.4) is 0 Å². The number of aromatic nitrogens is 1. The molecule has 0 aliphatic heterocycles. The summed E-state index contributed by atoms with van der Waals surface area (Å²) < 4.78 is 30.2. The maximum atomic E-state index is 14.3. The van der Waals surface area contributed by atoms with E-state index in [0.29, 0.717) is 11.5 Å². The number of hydrogen-bond donors (Lipinski definition) is 0. The standard InChI is InChI=1S/C23H22F2N/c24-20-11-12-22(25)21(14-20)19-13-23(18-9-5-2-6-10-18)26(16-19)15-17-7-3-1-4-8-17/h1,3-5,7-8,11-14,16,18H,2,6,9-10,15H2/t18-/m1/s1. The van der Waals surface area contributed by atoms with E-state index in [0.717, 1.165) is 31.0 Å². The van der Waals surface area contributed by atoms with Crippen molar-refractivity contribution >= 4 is 0 Å². The molecule has 1 fully saturated rings. The van der Waals surface area contributed by atoms with E-state index in [2.05, 4.69) is 23.1 Å². The second-order valence-corrected chi connectivity index (χ2v) is 7.04. The van der Waals surface area contributed by atoms with Gasteiger partial charge in [-0.3, -0.25) is 0 Å². The van der Waals surface area contributed by atoms with Crippen LogP contribution in [0.2, 0.25) is 0 Å². The normalized spacial score (nSPS) is 15.3. The highest BCUT2D eigenvalue weighted by Gasteiger charge is 2.21. The van der Waals surface area contributed by atoms with Crippen LogP contribution in [-0.2, 0) is 6.54 Å². The van der Waals surface area contributed by atoms with Gasteiger partial charge < -0.3 is 4.57 Å². The van der Waals surface area contributed by atoms with Gasteiger partial charge in [0, 0.05) is 29.6 Å². The Balaban J connectivity index is 1.75. The predicted octanol–water partition coefficient (Wildman–Crippen LogP) is 6.34. The molecule has 1 nitrogen and oxygen atoms in total. The quantitative estimate of drug-likeness (QED) is 0.517. The minimum absolute atomic E-state index is 0.331. The molecule has 1 heterocycles. The molecule has 2 aromatic carbocycles. The number of halogens is 2. The van der Waals surface area contributed by atoms with E-state index >= 15 is 0 Å². The fourth-order valence-corrected chi connectivity index (χ4v) is 3.87. The molecule has 1 aliphatic carbocycles.